The number of hydrogen-bond acceptors (Lipinski definition) is 22. The molecule has 6 rings (SSSR count). The Morgan fingerprint density at radius 2 is 1.15 bits per heavy atom. The van der Waals surface area contributed by atoms with Gasteiger partial charge in [-0.05, 0) is 47.8 Å². The molecule has 0 aliphatic heterocycles. The Labute approximate surface area is 325 Å². The number of rotatable bonds is 7. The van der Waals surface area contributed by atoms with Gasteiger partial charge in [-0.1, -0.05) is 22.7 Å². The van der Waals surface area contributed by atoms with Crippen molar-refractivity contribution >= 4 is 82.8 Å². The topological polar surface area (TPSA) is 360 Å². The summed E-state index contributed by atoms with van der Waals surface area (Å²) in [5.41, 5.74) is 0.311. The Morgan fingerprint density at radius 3 is 1.55 bits per heavy atom. The molecular weight excluding hydrogens is 840 g/mol. The Hall–Kier alpha value is -7.14. The van der Waals surface area contributed by atoms with Crippen molar-refractivity contribution in [2.24, 2.45) is 30.6 Å². The van der Waals surface area contributed by atoms with Gasteiger partial charge in [-0.2, -0.15) is 0 Å². The van der Waals surface area contributed by atoms with Crippen molar-refractivity contribution in [3.8, 4) is 11.5 Å². The van der Waals surface area contributed by atoms with Crippen LogP contribution < -0.4 is 19.6 Å². The van der Waals surface area contributed by atoms with E-state index < -0.39 is 14.8 Å². The van der Waals surface area contributed by atoms with Crippen LogP contribution in [-0.4, -0.2) is 63.2 Å². The number of benzene rings is 1. The molecule has 55 heavy (non-hydrogen) atoms. The number of aliphatic hydroxyl groups excluding tert-OH is 2. The molecule has 4 aromatic rings. The molecule has 28 heteroatoms. The first-order valence-corrected chi connectivity index (χ1v) is 16.2. The molecule has 3 heterocycles. The van der Waals surface area contributed by atoms with Crippen LogP contribution in [0, 0.1) is 30.3 Å². The molecule has 0 saturated carbocycles. The predicted octanol–water partition coefficient (Wildman–Crippen LogP) is 3.78. The normalized spacial score (nSPS) is 15.5. The van der Waals surface area contributed by atoms with Crippen LogP contribution in [0.2, 0.25) is 0 Å². The van der Waals surface area contributed by atoms with Gasteiger partial charge in [0, 0.05) is 40.2 Å². The van der Waals surface area contributed by atoms with Crippen LogP contribution in [0.5, 0.6) is 11.5 Å². The molecule has 1 aromatic carbocycles. The van der Waals surface area contributed by atoms with Crippen molar-refractivity contribution in [1.29, 1.82) is 0 Å². The third kappa shape index (κ3) is 12.8. The van der Waals surface area contributed by atoms with Gasteiger partial charge in [-0.15, -0.1) is 10.2 Å². The number of azo groups is 1. The minimum atomic E-state index is -0.583. The molecule has 0 amide bonds. The second kappa shape index (κ2) is 19.6. The summed E-state index contributed by atoms with van der Waals surface area (Å²) >= 11 is 2.28. The quantitative estimate of drug-likeness (QED) is 0.0889. The second-order valence-corrected chi connectivity index (χ2v) is 12.3. The van der Waals surface area contributed by atoms with Crippen LogP contribution in [0.3, 0.4) is 0 Å². The first-order valence-electron chi connectivity index (χ1n) is 13.8. The van der Waals surface area contributed by atoms with Gasteiger partial charge in [0.25, 0.3) is 0 Å². The minimum Gasteiger partial charge on any atom is -0.508 e. The fourth-order valence-corrected chi connectivity index (χ4v) is 4.89. The Balaban J connectivity index is 0.000000220. The van der Waals surface area contributed by atoms with Crippen LogP contribution in [-0.2, 0) is 26.4 Å². The van der Waals surface area contributed by atoms with E-state index in [1.165, 1.54) is 36.4 Å². The largest absolute Gasteiger partial charge is 2.00 e. The van der Waals surface area contributed by atoms with Gasteiger partial charge in [-0.3, -0.25) is 50.1 Å². The minimum absolute atomic E-state index is 0. The number of hydrogen-bond donors (Lipinski definition) is 4. The summed E-state index contributed by atoms with van der Waals surface area (Å²) in [6.07, 6.45) is 10.2. The Morgan fingerprint density at radius 1 is 0.655 bits per heavy atom. The number of carbonyl (C=O) groups excluding carboxylic acids is 2. The van der Waals surface area contributed by atoms with Gasteiger partial charge in [-0.25, -0.2) is 4.98 Å². The van der Waals surface area contributed by atoms with Crippen molar-refractivity contribution in [1.82, 2.24) is 15.0 Å². The SMILES string of the molecule is O=C1C=C/C(=N\N=c2/[n-]cc([N+](=O)[O-])s2)C(O)=C1.O=C1C=C/C(=N\N=c2/[n-]cc([N+](=O)[O-])s2)C(O)=C1.O=[N+]([O-])c1cnc(N=Nc2ccc(O)cc2O)s1.[Co+2]. The second-order valence-electron chi connectivity index (χ2n) is 9.29. The summed E-state index contributed by atoms with van der Waals surface area (Å²) in [7, 11) is 0. The maximum atomic E-state index is 10.9. The number of carbonyl (C=O) groups is 2. The van der Waals surface area contributed by atoms with Crippen LogP contribution >= 0.6 is 34.0 Å². The molecule has 0 saturated heterocycles. The van der Waals surface area contributed by atoms with Crippen molar-refractivity contribution in [3.05, 3.63) is 125 Å². The van der Waals surface area contributed by atoms with Gasteiger partial charge in [0.15, 0.2) is 11.6 Å². The number of aromatic nitrogens is 3. The van der Waals surface area contributed by atoms with Crippen molar-refractivity contribution < 1.29 is 61.6 Å². The zero-order chi connectivity index (χ0) is 39.4. The van der Waals surface area contributed by atoms with E-state index in [9.17, 15) is 55.3 Å². The third-order valence-corrected chi connectivity index (χ3v) is 8.07. The van der Waals surface area contributed by atoms with Gasteiger partial charge in [0.1, 0.15) is 46.3 Å². The third-order valence-electron chi connectivity index (χ3n) is 5.57. The van der Waals surface area contributed by atoms with Gasteiger partial charge in [0.05, 0.1) is 14.8 Å². The summed E-state index contributed by atoms with van der Waals surface area (Å²) in [5.74, 6) is -1.66. The molecule has 0 spiro atoms. The van der Waals surface area contributed by atoms with Gasteiger partial charge >= 0.3 is 31.8 Å². The molecule has 283 valence electrons. The number of aromatic hydroxyl groups is 2. The van der Waals surface area contributed by atoms with Gasteiger partial charge < -0.3 is 40.6 Å². The number of thiazole rings is 3. The van der Waals surface area contributed by atoms with E-state index in [1.807, 2.05) is 0 Å². The van der Waals surface area contributed by atoms with Crippen molar-refractivity contribution in [2.75, 3.05) is 0 Å². The van der Waals surface area contributed by atoms with E-state index in [0.29, 0.717) is 0 Å². The first-order chi connectivity index (χ1) is 25.7. The van der Waals surface area contributed by atoms with E-state index in [-0.39, 0.29) is 98.2 Å². The predicted molar refractivity (Wildman–Crippen MR) is 187 cm³/mol. The van der Waals surface area contributed by atoms with E-state index in [4.69, 9.17) is 5.11 Å². The number of allylic oxidation sites excluding steroid dienone is 6. The smallest absolute Gasteiger partial charge is 0.508 e. The van der Waals surface area contributed by atoms with Crippen LogP contribution in [0.25, 0.3) is 0 Å². The summed E-state index contributed by atoms with van der Waals surface area (Å²) in [6.45, 7) is 0. The first kappa shape index (κ1) is 42.3. The molecule has 24 nitrogen and oxygen atoms in total. The van der Waals surface area contributed by atoms with E-state index in [2.05, 4.69) is 45.6 Å². The fraction of sp³-hybridized carbons (Fsp3) is 0. The Bertz CT molecular complexity index is 2390. The van der Waals surface area contributed by atoms with Crippen LogP contribution in [0.15, 0.2) is 115 Å². The zero-order valence-electron chi connectivity index (χ0n) is 26.4. The zero-order valence-corrected chi connectivity index (χ0v) is 29.9. The molecule has 0 atom stereocenters. The number of ketones is 2. The fourth-order valence-electron chi connectivity index (χ4n) is 3.22. The van der Waals surface area contributed by atoms with Gasteiger partial charge in [0.2, 0.25) is 5.13 Å². The maximum absolute atomic E-state index is 10.9. The van der Waals surface area contributed by atoms with E-state index >= 15 is 0 Å². The summed E-state index contributed by atoms with van der Waals surface area (Å²) in [5, 5.41) is 90.1. The number of phenols is 2. The number of phenolic OH excluding ortho intramolecular Hbond substituents is 2. The molecule has 2 aliphatic carbocycles. The molecular formula is C27H16CoN12O12S3. The number of nitro groups is 3. The molecule has 2 aliphatic rings. The molecule has 0 unspecified atom stereocenters. The molecule has 1 radical (unpaired) electrons. The number of nitrogens with zero attached hydrogens (tertiary/aromatic N) is 12. The summed E-state index contributed by atoms with van der Waals surface area (Å²) in [6, 6.07) is 3.80. The molecule has 0 fully saturated rings. The Kier molecular flexibility index (Phi) is 15.1. The summed E-state index contributed by atoms with van der Waals surface area (Å²) < 4.78 is 0. The summed E-state index contributed by atoms with van der Waals surface area (Å²) in [4.78, 5) is 62.5. The number of aliphatic hydroxyl groups is 2. The van der Waals surface area contributed by atoms with Crippen molar-refractivity contribution in [3.63, 3.8) is 0 Å². The molecule has 4 N–H and O–H groups in total. The van der Waals surface area contributed by atoms with Crippen molar-refractivity contribution in [2.45, 2.75) is 0 Å². The van der Waals surface area contributed by atoms with E-state index in [1.54, 1.807) is 0 Å². The molecule has 3 aromatic heterocycles. The van der Waals surface area contributed by atoms with Crippen LogP contribution in [0.1, 0.15) is 0 Å². The average molecular weight is 856 g/mol. The standard InChI is InChI=1S/3C9H6N4O4S.Co/c3*14-5-1-2-6(7(15)3-5)11-12-9-10-4-8(18-9)13(16)17;/h2*1-4H,(H2,10,12,14,15);1-4,14-15H;/q;;;+2/p-2. The maximum Gasteiger partial charge on any atom is 2.00 e. The average Bonchev–Trinajstić information content (AvgIpc) is 3.90. The van der Waals surface area contributed by atoms with E-state index in [0.717, 1.165) is 70.8 Å². The molecule has 0 bridgehead atoms. The van der Waals surface area contributed by atoms with Crippen LogP contribution in [0.4, 0.5) is 25.8 Å². The monoisotopic (exact) mass is 855 g/mol.